The first-order valence-electron chi connectivity index (χ1n) is 5.46. The van der Waals surface area contributed by atoms with Crippen LogP contribution in [0.5, 0.6) is 11.5 Å². The molecular formula is C13H18O2. The van der Waals surface area contributed by atoms with Crippen LogP contribution in [0, 0.1) is 5.92 Å². The van der Waals surface area contributed by atoms with Crippen molar-refractivity contribution in [2.75, 3.05) is 14.2 Å². The summed E-state index contributed by atoms with van der Waals surface area (Å²) in [6, 6.07) is 6.25. The van der Waals surface area contributed by atoms with Crippen LogP contribution in [0.1, 0.15) is 31.2 Å². The topological polar surface area (TPSA) is 18.5 Å². The predicted molar refractivity (Wildman–Crippen MR) is 60.7 cm³/mol. The van der Waals surface area contributed by atoms with Gasteiger partial charge in [0.25, 0.3) is 0 Å². The van der Waals surface area contributed by atoms with E-state index in [4.69, 9.17) is 9.47 Å². The smallest absolute Gasteiger partial charge is 0.160 e. The molecule has 1 aliphatic rings. The second-order valence-corrected chi connectivity index (χ2v) is 4.39. The van der Waals surface area contributed by atoms with Gasteiger partial charge in [-0.25, -0.2) is 0 Å². The van der Waals surface area contributed by atoms with Crippen LogP contribution >= 0.6 is 0 Å². The summed E-state index contributed by atoms with van der Waals surface area (Å²) in [5.41, 5.74) is 1.38. The Balaban J connectivity index is 2.19. The fraction of sp³-hybridized carbons (Fsp3) is 0.538. The monoisotopic (exact) mass is 206 g/mol. The minimum absolute atomic E-state index is 0.722. The maximum Gasteiger partial charge on any atom is 0.160 e. The van der Waals surface area contributed by atoms with Crippen molar-refractivity contribution in [3.63, 3.8) is 0 Å². The summed E-state index contributed by atoms with van der Waals surface area (Å²) in [5, 5.41) is 0. The third kappa shape index (κ3) is 1.94. The lowest BCUT2D eigenvalue weighted by atomic mass is 9.72. The van der Waals surface area contributed by atoms with Gasteiger partial charge in [0, 0.05) is 0 Å². The van der Waals surface area contributed by atoms with Gasteiger partial charge in [-0.15, -0.1) is 0 Å². The van der Waals surface area contributed by atoms with Gasteiger partial charge in [0.15, 0.2) is 11.5 Å². The zero-order valence-corrected chi connectivity index (χ0v) is 9.62. The third-order valence-corrected chi connectivity index (χ3v) is 3.25. The molecule has 0 bridgehead atoms. The highest BCUT2D eigenvalue weighted by atomic mass is 16.5. The molecule has 2 heteroatoms. The van der Waals surface area contributed by atoms with E-state index >= 15 is 0 Å². The summed E-state index contributed by atoms with van der Waals surface area (Å²) in [6.07, 6.45) is 2.60. The Morgan fingerprint density at radius 1 is 1.07 bits per heavy atom. The molecular weight excluding hydrogens is 188 g/mol. The van der Waals surface area contributed by atoms with Crippen molar-refractivity contribution >= 4 is 0 Å². The van der Waals surface area contributed by atoms with Crippen LogP contribution < -0.4 is 9.47 Å². The van der Waals surface area contributed by atoms with Crippen molar-refractivity contribution < 1.29 is 9.47 Å². The van der Waals surface area contributed by atoms with E-state index in [1.165, 1.54) is 18.4 Å². The minimum atomic E-state index is 0.722. The summed E-state index contributed by atoms with van der Waals surface area (Å²) in [4.78, 5) is 0. The molecule has 1 aromatic rings. The van der Waals surface area contributed by atoms with Crippen molar-refractivity contribution in [1.29, 1.82) is 0 Å². The van der Waals surface area contributed by atoms with Crippen molar-refractivity contribution in [1.82, 2.24) is 0 Å². The van der Waals surface area contributed by atoms with E-state index in [1.54, 1.807) is 14.2 Å². The van der Waals surface area contributed by atoms with Crippen LogP contribution in [0.25, 0.3) is 0 Å². The lowest BCUT2D eigenvalue weighted by molar-refractivity contribution is 0.287. The molecule has 0 aliphatic heterocycles. The summed E-state index contributed by atoms with van der Waals surface area (Å²) in [6.45, 7) is 2.30. The Labute approximate surface area is 91.2 Å². The van der Waals surface area contributed by atoms with Gasteiger partial charge in [0.2, 0.25) is 0 Å². The van der Waals surface area contributed by atoms with E-state index in [0.29, 0.717) is 0 Å². The van der Waals surface area contributed by atoms with Gasteiger partial charge in [-0.05, 0) is 42.4 Å². The zero-order chi connectivity index (χ0) is 10.8. The molecule has 0 aromatic heterocycles. The van der Waals surface area contributed by atoms with Gasteiger partial charge < -0.3 is 9.47 Å². The van der Waals surface area contributed by atoms with Crippen LogP contribution in [0.3, 0.4) is 0 Å². The average molecular weight is 206 g/mol. The molecule has 0 amide bonds. The third-order valence-electron chi connectivity index (χ3n) is 3.25. The van der Waals surface area contributed by atoms with Gasteiger partial charge >= 0.3 is 0 Å². The average Bonchev–Trinajstić information content (AvgIpc) is 2.24. The molecule has 0 N–H and O–H groups in total. The molecule has 0 saturated heterocycles. The first-order valence-corrected chi connectivity index (χ1v) is 5.46. The minimum Gasteiger partial charge on any atom is -0.493 e. The van der Waals surface area contributed by atoms with Crippen LogP contribution in [-0.4, -0.2) is 14.2 Å². The van der Waals surface area contributed by atoms with Gasteiger partial charge in [0.05, 0.1) is 14.2 Å². The number of methoxy groups -OCH3 is 2. The summed E-state index contributed by atoms with van der Waals surface area (Å²) in [5.74, 6) is 3.26. The SMILES string of the molecule is COc1ccc(C2CC(C)C2)cc1OC. The summed E-state index contributed by atoms with van der Waals surface area (Å²) in [7, 11) is 3.36. The van der Waals surface area contributed by atoms with Gasteiger partial charge in [-0.2, -0.15) is 0 Å². The van der Waals surface area contributed by atoms with E-state index < -0.39 is 0 Å². The predicted octanol–water partition coefficient (Wildman–Crippen LogP) is 3.22. The molecule has 15 heavy (non-hydrogen) atoms. The second kappa shape index (κ2) is 4.13. The fourth-order valence-electron chi connectivity index (χ4n) is 2.28. The van der Waals surface area contributed by atoms with E-state index in [1.807, 2.05) is 6.07 Å². The van der Waals surface area contributed by atoms with Crippen molar-refractivity contribution in [3.8, 4) is 11.5 Å². The van der Waals surface area contributed by atoms with E-state index in [2.05, 4.69) is 19.1 Å². The molecule has 0 atom stereocenters. The zero-order valence-electron chi connectivity index (χ0n) is 9.62. The first kappa shape index (κ1) is 10.3. The Morgan fingerprint density at radius 2 is 1.73 bits per heavy atom. The maximum atomic E-state index is 5.30. The molecule has 0 unspecified atom stereocenters. The molecule has 0 heterocycles. The molecule has 1 fully saturated rings. The van der Waals surface area contributed by atoms with Gasteiger partial charge in [-0.3, -0.25) is 0 Å². The highest BCUT2D eigenvalue weighted by Crippen LogP contribution is 2.43. The number of ether oxygens (including phenoxy) is 2. The van der Waals surface area contributed by atoms with Crippen molar-refractivity contribution in [2.45, 2.75) is 25.7 Å². The van der Waals surface area contributed by atoms with Crippen LogP contribution in [0.4, 0.5) is 0 Å². The maximum absolute atomic E-state index is 5.30. The van der Waals surface area contributed by atoms with E-state index in [0.717, 1.165) is 23.3 Å². The lowest BCUT2D eigenvalue weighted by Gasteiger charge is -2.33. The number of hydrogen-bond acceptors (Lipinski definition) is 2. The second-order valence-electron chi connectivity index (χ2n) is 4.39. The quantitative estimate of drug-likeness (QED) is 0.756. The molecule has 1 aromatic carbocycles. The van der Waals surface area contributed by atoms with Crippen molar-refractivity contribution in [2.24, 2.45) is 5.92 Å². The summed E-state index contributed by atoms with van der Waals surface area (Å²) < 4.78 is 10.5. The molecule has 82 valence electrons. The van der Waals surface area contributed by atoms with Crippen LogP contribution in [0.15, 0.2) is 18.2 Å². The lowest BCUT2D eigenvalue weighted by Crippen LogP contribution is -2.18. The normalized spacial score (nSPS) is 24.5. The molecule has 2 nitrogen and oxygen atoms in total. The molecule has 1 aliphatic carbocycles. The molecule has 0 spiro atoms. The molecule has 1 saturated carbocycles. The Bertz CT molecular complexity index is 340. The van der Waals surface area contributed by atoms with Crippen LogP contribution in [-0.2, 0) is 0 Å². The molecule has 0 radical (unpaired) electrons. The number of hydrogen-bond donors (Lipinski definition) is 0. The Hall–Kier alpha value is -1.18. The molecule has 2 rings (SSSR count). The first-order chi connectivity index (χ1) is 7.24. The fourth-order valence-corrected chi connectivity index (χ4v) is 2.28. The Morgan fingerprint density at radius 3 is 2.27 bits per heavy atom. The Kier molecular flexibility index (Phi) is 2.85. The number of benzene rings is 1. The van der Waals surface area contributed by atoms with Crippen molar-refractivity contribution in [3.05, 3.63) is 23.8 Å². The van der Waals surface area contributed by atoms with Gasteiger partial charge in [0.1, 0.15) is 0 Å². The van der Waals surface area contributed by atoms with Crippen LogP contribution in [0.2, 0.25) is 0 Å². The highest BCUT2D eigenvalue weighted by molar-refractivity contribution is 5.44. The summed E-state index contributed by atoms with van der Waals surface area (Å²) >= 11 is 0. The van der Waals surface area contributed by atoms with E-state index in [-0.39, 0.29) is 0 Å². The number of rotatable bonds is 3. The van der Waals surface area contributed by atoms with Gasteiger partial charge in [-0.1, -0.05) is 13.0 Å². The van der Waals surface area contributed by atoms with E-state index in [9.17, 15) is 0 Å². The largest absolute Gasteiger partial charge is 0.493 e. The standard InChI is InChI=1S/C13H18O2/c1-9-6-11(7-9)10-4-5-12(14-2)13(8-10)15-3/h4-5,8-9,11H,6-7H2,1-3H3. The highest BCUT2D eigenvalue weighted by Gasteiger charge is 2.27.